The van der Waals surface area contributed by atoms with Crippen LogP contribution in [0.1, 0.15) is 130 Å². The molecule has 2 amide bonds. The third kappa shape index (κ3) is 6.61. The van der Waals surface area contributed by atoms with E-state index >= 15 is 0 Å². The molecule has 3 heterocycles. The van der Waals surface area contributed by atoms with Gasteiger partial charge in [-0.3, -0.25) is 24.8 Å². The van der Waals surface area contributed by atoms with E-state index in [1.165, 1.54) is 44.9 Å². The molecule has 0 spiro atoms. The maximum atomic E-state index is 13.5. The molecule has 0 aromatic carbocycles. The number of aromatic nitrogens is 1. The van der Waals surface area contributed by atoms with Crippen LogP contribution in [0, 0.1) is 46.3 Å². The van der Waals surface area contributed by atoms with Crippen molar-refractivity contribution in [2.24, 2.45) is 46.3 Å². The second kappa shape index (κ2) is 13.5. The highest BCUT2D eigenvalue weighted by Gasteiger charge is 2.60. The summed E-state index contributed by atoms with van der Waals surface area (Å²) in [4.78, 5) is 37.5. The molecule has 2 N–H and O–H groups in total. The number of aliphatic hydroxyl groups is 1. The van der Waals surface area contributed by atoms with Crippen molar-refractivity contribution in [1.82, 2.24) is 25.0 Å². The van der Waals surface area contributed by atoms with Gasteiger partial charge in [-0.15, -0.1) is 0 Å². The molecule has 7 rings (SSSR count). The summed E-state index contributed by atoms with van der Waals surface area (Å²) in [5, 5.41) is 13.8. The van der Waals surface area contributed by atoms with E-state index in [4.69, 9.17) is 4.98 Å². The van der Waals surface area contributed by atoms with Gasteiger partial charge < -0.3 is 14.9 Å². The Balaban J connectivity index is 0.887. The average molecular weight is 676 g/mol. The number of hydrogen-bond acceptors (Lipinski definition) is 6. The second-order valence-corrected chi connectivity index (χ2v) is 18.8. The molecule has 6 aliphatic rings. The van der Waals surface area contributed by atoms with Crippen LogP contribution in [0.25, 0.3) is 0 Å². The van der Waals surface area contributed by atoms with Crippen molar-refractivity contribution in [2.45, 2.75) is 137 Å². The van der Waals surface area contributed by atoms with Gasteiger partial charge in [0.05, 0.1) is 24.0 Å². The van der Waals surface area contributed by atoms with E-state index in [1.54, 1.807) is 0 Å². The molecule has 0 radical (unpaired) electrons. The summed E-state index contributed by atoms with van der Waals surface area (Å²) in [6, 6.07) is 6.14. The Morgan fingerprint density at radius 3 is 2.49 bits per heavy atom. The van der Waals surface area contributed by atoms with E-state index in [0.29, 0.717) is 35.6 Å². The summed E-state index contributed by atoms with van der Waals surface area (Å²) in [5.41, 5.74) is 2.49. The Morgan fingerprint density at radius 2 is 1.73 bits per heavy atom. The van der Waals surface area contributed by atoms with E-state index in [1.807, 2.05) is 11.0 Å². The highest BCUT2D eigenvalue weighted by Crippen LogP contribution is 2.68. The van der Waals surface area contributed by atoms with Gasteiger partial charge >= 0.3 is 0 Å². The zero-order valence-corrected chi connectivity index (χ0v) is 31.4. The molecule has 1 unspecified atom stereocenters. The van der Waals surface area contributed by atoms with E-state index in [0.717, 1.165) is 93.0 Å². The van der Waals surface area contributed by atoms with Gasteiger partial charge in [-0.1, -0.05) is 26.8 Å². The number of piperazine rings is 1. The minimum Gasteiger partial charge on any atom is -0.393 e. The molecule has 8 heteroatoms. The quantitative estimate of drug-likeness (QED) is 0.348. The summed E-state index contributed by atoms with van der Waals surface area (Å²) in [6.45, 7) is 18.3. The number of rotatable bonds is 7. The molecular formula is C41H65N5O3. The Bertz CT molecular complexity index is 1370. The van der Waals surface area contributed by atoms with Gasteiger partial charge in [-0.25, -0.2) is 0 Å². The summed E-state index contributed by atoms with van der Waals surface area (Å²) in [7, 11) is 0. The fourth-order valence-electron chi connectivity index (χ4n) is 12.5. The van der Waals surface area contributed by atoms with Gasteiger partial charge in [-0.05, 0) is 143 Å². The number of aliphatic hydroxyl groups excluding tert-OH is 1. The number of pyridine rings is 1. The third-order valence-corrected chi connectivity index (χ3v) is 15.1. The maximum absolute atomic E-state index is 13.5. The molecular weight excluding hydrogens is 610 g/mol. The van der Waals surface area contributed by atoms with Crippen LogP contribution in [0.2, 0.25) is 0 Å². The summed E-state index contributed by atoms with van der Waals surface area (Å²) < 4.78 is 0. The normalized spacial score (nSPS) is 39.0. The number of fused-ring (bicyclic) bond motifs is 5. The predicted molar refractivity (Wildman–Crippen MR) is 193 cm³/mol. The van der Waals surface area contributed by atoms with Crippen LogP contribution in [0.15, 0.2) is 18.2 Å². The largest absolute Gasteiger partial charge is 0.393 e. The van der Waals surface area contributed by atoms with E-state index in [2.05, 4.69) is 68.8 Å². The van der Waals surface area contributed by atoms with Gasteiger partial charge in [0, 0.05) is 44.7 Å². The zero-order chi connectivity index (χ0) is 34.7. The molecule has 8 nitrogen and oxygen atoms in total. The van der Waals surface area contributed by atoms with Crippen LogP contribution >= 0.6 is 0 Å². The predicted octanol–water partition coefficient (Wildman–Crippen LogP) is 6.39. The lowest BCUT2D eigenvalue weighted by Gasteiger charge is -2.61. The number of carbonyl (C=O) groups is 2. The number of nitrogens with one attached hydrogen (secondary N) is 1. The minimum absolute atomic E-state index is 0.0681. The molecule has 4 saturated carbocycles. The van der Waals surface area contributed by atoms with Crippen molar-refractivity contribution in [2.75, 3.05) is 32.7 Å². The van der Waals surface area contributed by atoms with Gasteiger partial charge in [0.1, 0.15) is 6.17 Å². The van der Waals surface area contributed by atoms with Crippen LogP contribution in [-0.4, -0.2) is 81.0 Å². The molecule has 0 bridgehead atoms. The molecule has 272 valence electrons. The average Bonchev–Trinajstić information content (AvgIpc) is 3.64. The van der Waals surface area contributed by atoms with Crippen molar-refractivity contribution in [3.63, 3.8) is 0 Å². The van der Waals surface area contributed by atoms with Crippen molar-refractivity contribution < 1.29 is 14.7 Å². The highest BCUT2D eigenvalue weighted by atomic mass is 16.3. The smallest absolute Gasteiger partial charge is 0.238 e. The van der Waals surface area contributed by atoms with Gasteiger partial charge in [0.15, 0.2) is 0 Å². The summed E-state index contributed by atoms with van der Waals surface area (Å²) in [5.74, 6) is 5.05. The minimum atomic E-state index is -0.278. The Hall–Kier alpha value is -2.03. The van der Waals surface area contributed by atoms with Crippen molar-refractivity contribution in [1.29, 1.82) is 0 Å². The third-order valence-electron chi connectivity index (χ3n) is 15.1. The molecule has 2 aliphatic heterocycles. The van der Waals surface area contributed by atoms with Crippen molar-refractivity contribution in [3.8, 4) is 0 Å². The first-order valence-electron chi connectivity index (χ1n) is 20.0. The fourth-order valence-corrected chi connectivity index (χ4v) is 12.5. The first-order chi connectivity index (χ1) is 23.3. The van der Waals surface area contributed by atoms with Gasteiger partial charge in [0.2, 0.25) is 11.8 Å². The number of hydrogen-bond donors (Lipinski definition) is 2. The monoisotopic (exact) mass is 676 g/mol. The Labute approximate surface area is 296 Å². The molecule has 10 atom stereocenters. The number of amides is 2. The molecule has 49 heavy (non-hydrogen) atoms. The fraction of sp³-hybridized carbons (Fsp3) is 0.829. The summed E-state index contributed by atoms with van der Waals surface area (Å²) in [6.07, 6.45) is 12.8. The van der Waals surface area contributed by atoms with Crippen LogP contribution in [0.5, 0.6) is 0 Å². The van der Waals surface area contributed by atoms with E-state index in [9.17, 15) is 14.7 Å². The van der Waals surface area contributed by atoms with Crippen LogP contribution in [-0.2, 0) is 16.1 Å². The standard InChI is InChI=1S/C41H65N5O3/c1-27(32-13-14-33-31-12-11-28-24-30(47)16-18-40(28,5)34(31)17-19-41(32,33)6)10-15-36(48)45-22-20-44(21-23-45)26-29-8-7-9-35(43-29)38-42-25-37(49)46(38)39(2,3)4/h7-9,27-28,30-34,38,42,47H,10-26H2,1-6H3/t27-,28-,30-,31+,32-,33+,34+,38?,40+,41-/m1/s1. The SMILES string of the molecule is C[C@H](CCC(=O)N1CCN(Cc2cccc(C3NCC(=O)N3C(C)(C)C)n2)CC1)[C@H]1CC[C@H]2[C@@H]3CC[C@@H]4C[C@H](O)CC[C@]4(C)[C@H]3CC[C@]12C. The molecule has 6 fully saturated rings. The van der Waals surface area contributed by atoms with E-state index < -0.39 is 0 Å². The Kier molecular flexibility index (Phi) is 9.75. The first-order valence-corrected chi connectivity index (χ1v) is 20.0. The lowest BCUT2D eigenvalue weighted by molar-refractivity contribution is -0.135. The summed E-state index contributed by atoms with van der Waals surface area (Å²) >= 11 is 0. The van der Waals surface area contributed by atoms with Crippen LogP contribution in [0.3, 0.4) is 0 Å². The van der Waals surface area contributed by atoms with Crippen molar-refractivity contribution >= 4 is 11.8 Å². The molecule has 1 aromatic rings. The van der Waals surface area contributed by atoms with Gasteiger partial charge in [0.25, 0.3) is 0 Å². The van der Waals surface area contributed by atoms with Crippen molar-refractivity contribution in [3.05, 3.63) is 29.6 Å². The topological polar surface area (TPSA) is 89.0 Å². The lowest BCUT2D eigenvalue weighted by Crippen LogP contribution is -2.54. The van der Waals surface area contributed by atoms with Gasteiger partial charge in [-0.2, -0.15) is 0 Å². The number of nitrogens with zero attached hydrogens (tertiary/aromatic N) is 4. The second-order valence-electron chi connectivity index (χ2n) is 18.8. The first kappa shape index (κ1) is 35.4. The highest BCUT2D eigenvalue weighted by molar-refractivity contribution is 5.81. The van der Waals surface area contributed by atoms with E-state index in [-0.39, 0.29) is 23.7 Å². The maximum Gasteiger partial charge on any atom is 0.238 e. The molecule has 1 aromatic heterocycles. The zero-order valence-electron chi connectivity index (χ0n) is 31.4. The number of carbonyl (C=O) groups excluding carboxylic acids is 2. The Morgan fingerprint density at radius 1 is 1.00 bits per heavy atom. The molecule has 2 saturated heterocycles. The molecule has 4 aliphatic carbocycles. The van der Waals surface area contributed by atoms with Crippen LogP contribution < -0.4 is 5.32 Å². The van der Waals surface area contributed by atoms with Crippen LogP contribution in [0.4, 0.5) is 0 Å². The lowest BCUT2D eigenvalue weighted by atomic mass is 9.44.